The smallest absolute Gasteiger partial charge is 0.426 e. The number of fused-ring (bicyclic) bond motifs is 2. The SMILES string of the molecule is CC(OC1(C(F)(F)F)c2cc(Cl)ccc2Nc2c1ccc[n+]2[O-])C1CC1. The van der Waals surface area contributed by atoms with Gasteiger partial charge in [0.15, 0.2) is 0 Å². The van der Waals surface area contributed by atoms with Crippen LogP contribution in [0, 0.1) is 11.1 Å². The second-order valence-corrected chi connectivity index (χ2v) is 7.19. The number of halogens is 4. The maximum Gasteiger partial charge on any atom is 0.426 e. The minimum atomic E-state index is -4.79. The lowest BCUT2D eigenvalue weighted by atomic mass is 9.81. The summed E-state index contributed by atoms with van der Waals surface area (Å²) in [6.07, 6.45) is -2.59. The summed E-state index contributed by atoms with van der Waals surface area (Å²) in [5.41, 5.74) is -3.00. The van der Waals surface area contributed by atoms with Crippen LogP contribution in [0.4, 0.5) is 24.7 Å². The van der Waals surface area contributed by atoms with Crippen LogP contribution < -0.4 is 10.0 Å². The summed E-state index contributed by atoms with van der Waals surface area (Å²) >= 11 is 6.01. The molecule has 1 aliphatic carbocycles. The van der Waals surface area contributed by atoms with Crippen molar-refractivity contribution in [2.24, 2.45) is 5.92 Å². The first-order valence-electron chi connectivity index (χ1n) is 8.28. The number of alkyl halides is 3. The maximum absolute atomic E-state index is 14.6. The summed E-state index contributed by atoms with van der Waals surface area (Å²) in [7, 11) is 0. The van der Waals surface area contributed by atoms with Crippen molar-refractivity contribution in [2.45, 2.75) is 37.6 Å². The topological polar surface area (TPSA) is 48.2 Å². The third-order valence-corrected chi connectivity index (χ3v) is 5.24. The van der Waals surface area contributed by atoms with Crippen LogP contribution in [0.1, 0.15) is 30.9 Å². The summed E-state index contributed by atoms with van der Waals surface area (Å²) < 4.78 is 49.8. The van der Waals surface area contributed by atoms with Crippen LogP contribution in [0.3, 0.4) is 0 Å². The molecule has 0 amide bonds. The van der Waals surface area contributed by atoms with Crippen molar-refractivity contribution in [3.05, 3.63) is 57.9 Å². The van der Waals surface area contributed by atoms with Crippen molar-refractivity contribution >= 4 is 23.1 Å². The van der Waals surface area contributed by atoms with Gasteiger partial charge in [0.2, 0.25) is 5.60 Å². The highest BCUT2D eigenvalue weighted by Crippen LogP contribution is 2.56. The molecule has 0 saturated heterocycles. The van der Waals surface area contributed by atoms with E-state index in [4.69, 9.17) is 16.3 Å². The number of benzene rings is 1. The molecule has 8 heteroatoms. The van der Waals surface area contributed by atoms with Crippen molar-refractivity contribution in [2.75, 3.05) is 5.32 Å². The number of pyridine rings is 1. The third-order valence-electron chi connectivity index (χ3n) is 5.00. The maximum atomic E-state index is 14.6. The Kier molecular flexibility index (Phi) is 3.86. The fourth-order valence-corrected chi connectivity index (χ4v) is 3.70. The van der Waals surface area contributed by atoms with Gasteiger partial charge in [-0.3, -0.25) is 0 Å². The highest BCUT2D eigenvalue weighted by molar-refractivity contribution is 6.30. The van der Waals surface area contributed by atoms with E-state index in [0.29, 0.717) is 4.73 Å². The monoisotopic (exact) mass is 384 g/mol. The van der Waals surface area contributed by atoms with E-state index in [0.717, 1.165) is 19.0 Å². The number of rotatable bonds is 3. The Labute approximate surface area is 153 Å². The number of ether oxygens (including phenoxy) is 1. The van der Waals surface area contributed by atoms with E-state index in [1.54, 1.807) is 6.92 Å². The van der Waals surface area contributed by atoms with Gasteiger partial charge in [0.1, 0.15) is 5.69 Å². The largest absolute Gasteiger partial charge is 0.711 e. The molecule has 0 bridgehead atoms. The molecule has 0 spiro atoms. The van der Waals surface area contributed by atoms with Gasteiger partial charge in [0, 0.05) is 10.6 Å². The van der Waals surface area contributed by atoms with E-state index in [-0.39, 0.29) is 33.6 Å². The van der Waals surface area contributed by atoms with Crippen LogP contribution in [0.25, 0.3) is 0 Å². The average Bonchev–Trinajstić information content (AvgIpc) is 3.39. The van der Waals surface area contributed by atoms with Gasteiger partial charge in [-0.15, -0.1) is 0 Å². The predicted molar refractivity (Wildman–Crippen MR) is 90.2 cm³/mol. The number of aromatic nitrogens is 1. The summed E-state index contributed by atoms with van der Waals surface area (Å²) in [6.45, 7) is 1.64. The van der Waals surface area contributed by atoms with Crippen LogP contribution in [-0.4, -0.2) is 12.3 Å². The van der Waals surface area contributed by atoms with Crippen LogP contribution >= 0.6 is 11.6 Å². The molecule has 1 aliphatic heterocycles. The van der Waals surface area contributed by atoms with Crippen molar-refractivity contribution in [1.29, 1.82) is 0 Å². The van der Waals surface area contributed by atoms with E-state index in [2.05, 4.69) is 5.32 Å². The average molecular weight is 385 g/mol. The minimum Gasteiger partial charge on any atom is -0.711 e. The van der Waals surface area contributed by atoms with E-state index < -0.39 is 17.9 Å². The molecule has 138 valence electrons. The van der Waals surface area contributed by atoms with Crippen molar-refractivity contribution < 1.29 is 22.6 Å². The highest BCUT2D eigenvalue weighted by Gasteiger charge is 2.65. The van der Waals surface area contributed by atoms with Crippen LogP contribution in [-0.2, 0) is 10.3 Å². The summed E-state index contributed by atoms with van der Waals surface area (Å²) in [5, 5.41) is 15.1. The fourth-order valence-electron chi connectivity index (χ4n) is 3.53. The molecule has 4 rings (SSSR count). The van der Waals surface area contributed by atoms with Crippen molar-refractivity contribution in [3.63, 3.8) is 0 Å². The number of nitrogens with zero attached hydrogens (tertiary/aromatic N) is 1. The van der Waals surface area contributed by atoms with Gasteiger partial charge in [-0.2, -0.15) is 13.2 Å². The Balaban J connectivity index is 2.02. The Morgan fingerprint density at radius 3 is 2.69 bits per heavy atom. The molecule has 1 aromatic heterocycles. The fraction of sp³-hybridized carbons (Fsp3) is 0.389. The van der Waals surface area contributed by atoms with Crippen molar-refractivity contribution in [1.82, 2.24) is 0 Å². The lowest BCUT2D eigenvalue weighted by molar-refractivity contribution is -0.591. The second-order valence-electron chi connectivity index (χ2n) is 6.75. The molecule has 2 unspecified atom stereocenters. The van der Waals surface area contributed by atoms with Gasteiger partial charge in [-0.05, 0) is 56.0 Å². The first kappa shape index (κ1) is 17.4. The molecule has 2 aliphatic rings. The molecular weight excluding hydrogens is 369 g/mol. The Morgan fingerprint density at radius 1 is 1.31 bits per heavy atom. The molecule has 2 atom stereocenters. The molecule has 26 heavy (non-hydrogen) atoms. The predicted octanol–water partition coefficient (Wildman–Crippen LogP) is 4.65. The van der Waals surface area contributed by atoms with Crippen LogP contribution in [0.5, 0.6) is 0 Å². The molecule has 2 aromatic rings. The van der Waals surface area contributed by atoms with Gasteiger partial charge in [0.05, 0.1) is 17.9 Å². The zero-order valence-electron chi connectivity index (χ0n) is 13.8. The molecule has 0 radical (unpaired) electrons. The lowest BCUT2D eigenvalue weighted by Gasteiger charge is -2.41. The van der Waals surface area contributed by atoms with Crippen LogP contribution in [0.2, 0.25) is 5.02 Å². The molecule has 1 aromatic carbocycles. The second kappa shape index (κ2) is 5.76. The Bertz CT molecular complexity index is 866. The molecule has 1 N–H and O–H groups in total. The van der Waals surface area contributed by atoms with E-state index >= 15 is 0 Å². The molecule has 1 saturated carbocycles. The van der Waals surface area contributed by atoms with Gasteiger partial charge in [-0.1, -0.05) is 11.6 Å². The zero-order chi connectivity index (χ0) is 18.7. The van der Waals surface area contributed by atoms with Crippen molar-refractivity contribution in [3.8, 4) is 0 Å². The van der Waals surface area contributed by atoms with Gasteiger partial charge < -0.3 is 9.94 Å². The number of anilines is 2. The minimum absolute atomic E-state index is 0.0817. The van der Waals surface area contributed by atoms with Gasteiger partial charge in [0.25, 0.3) is 5.82 Å². The Morgan fingerprint density at radius 2 is 2.04 bits per heavy atom. The first-order valence-corrected chi connectivity index (χ1v) is 8.66. The van der Waals surface area contributed by atoms with E-state index in [1.165, 1.54) is 30.3 Å². The lowest BCUT2D eigenvalue weighted by Crippen LogP contribution is -2.52. The molecule has 1 fully saturated rings. The molecule has 4 nitrogen and oxygen atoms in total. The summed E-state index contributed by atoms with van der Waals surface area (Å²) in [4.78, 5) is 0. The quantitative estimate of drug-likeness (QED) is 0.619. The molecular formula is C18H16ClF3N2O2. The number of nitrogens with one attached hydrogen (secondary N) is 1. The third kappa shape index (κ3) is 2.53. The van der Waals surface area contributed by atoms with E-state index in [1.807, 2.05) is 0 Å². The number of hydrogen-bond donors (Lipinski definition) is 1. The highest BCUT2D eigenvalue weighted by atomic mass is 35.5. The number of hydrogen-bond acceptors (Lipinski definition) is 3. The normalized spacial score (nSPS) is 23.0. The van der Waals surface area contributed by atoms with E-state index in [9.17, 15) is 18.4 Å². The summed E-state index contributed by atoms with van der Waals surface area (Å²) in [5.74, 6) is -0.110. The Hall–Kier alpha value is -1.99. The van der Waals surface area contributed by atoms with Gasteiger partial charge in [-0.25, -0.2) is 10.0 Å². The molecule has 2 heterocycles. The zero-order valence-corrected chi connectivity index (χ0v) is 14.6. The standard InChI is InChI=1S/C18H16ClF3N2O2/c1-10(11-4-5-11)26-17(18(20,21)22)13-3-2-8-24(25)16(13)23-15-7-6-12(19)9-14(15)17/h2-3,6-11,23H,4-5H2,1H3. The van der Waals surface area contributed by atoms with Gasteiger partial charge >= 0.3 is 6.18 Å². The first-order chi connectivity index (χ1) is 12.2. The van der Waals surface area contributed by atoms with Crippen LogP contribution in [0.15, 0.2) is 36.5 Å². The summed E-state index contributed by atoms with van der Waals surface area (Å²) in [6, 6.07) is 6.71.